The van der Waals surface area contributed by atoms with Crippen LogP contribution in [-0.4, -0.2) is 45.0 Å². The van der Waals surface area contributed by atoms with Crippen molar-refractivity contribution < 1.29 is 15.0 Å². The van der Waals surface area contributed by atoms with Crippen LogP contribution in [0.4, 0.5) is 0 Å². The Hall–Kier alpha value is -1.05. The minimum Gasteiger partial charge on any atom is -0.394 e. The molecule has 0 unspecified atom stereocenters. The first-order chi connectivity index (χ1) is 6.69. The topological polar surface area (TPSA) is 95.3 Å². The van der Waals surface area contributed by atoms with Crippen LogP contribution in [0.3, 0.4) is 0 Å². The molecule has 7 heteroatoms. The first-order valence-corrected chi connectivity index (χ1v) is 4.78. The maximum atomic E-state index is 11.5. The predicted molar refractivity (Wildman–Crippen MR) is 50.1 cm³/mol. The van der Waals surface area contributed by atoms with Gasteiger partial charge in [-0.15, -0.1) is 5.10 Å². The van der Waals surface area contributed by atoms with Gasteiger partial charge in [0.15, 0.2) is 0 Å². The standard InChI is InChI=1S/C7H11N3O3S/c1-4-6(14-10-9-4)7(13)8-5(2-11)3-12/h5,11-12H,2-3H2,1H3,(H,8,13). The highest BCUT2D eigenvalue weighted by atomic mass is 32.1. The summed E-state index contributed by atoms with van der Waals surface area (Å²) in [6.07, 6.45) is 0. The third-order valence-electron chi connectivity index (χ3n) is 1.63. The number of aryl methyl sites for hydroxylation is 1. The van der Waals surface area contributed by atoms with Crippen molar-refractivity contribution in [2.24, 2.45) is 0 Å². The molecule has 0 aliphatic rings. The van der Waals surface area contributed by atoms with Gasteiger partial charge in [0.25, 0.3) is 5.91 Å². The molecule has 0 bridgehead atoms. The van der Waals surface area contributed by atoms with E-state index >= 15 is 0 Å². The van der Waals surface area contributed by atoms with Gasteiger partial charge in [-0.1, -0.05) is 4.49 Å². The minimum atomic E-state index is -0.635. The van der Waals surface area contributed by atoms with Gasteiger partial charge in [0.1, 0.15) is 4.88 Å². The zero-order valence-corrected chi connectivity index (χ0v) is 8.41. The van der Waals surface area contributed by atoms with Crippen LogP contribution in [0.25, 0.3) is 0 Å². The average molecular weight is 217 g/mol. The van der Waals surface area contributed by atoms with E-state index < -0.39 is 6.04 Å². The predicted octanol–water partition coefficient (Wildman–Crippen LogP) is -1.07. The summed E-state index contributed by atoms with van der Waals surface area (Å²) in [7, 11) is 0. The summed E-state index contributed by atoms with van der Waals surface area (Å²) in [5, 5.41) is 23.6. The fourth-order valence-corrected chi connectivity index (χ4v) is 1.40. The van der Waals surface area contributed by atoms with Gasteiger partial charge < -0.3 is 15.5 Å². The number of amides is 1. The van der Waals surface area contributed by atoms with Gasteiger partial charge in [-0.25, -0.2) is 0 Å². The molecular formula is C7H11N3O3S. The Kier molecular flexibility index (Phi) is 3.93. The van der Waals surface area contributed by atoms with Crippen molar-refractivity contribution >= 4 is 17.4 Å². The molecule has 0 saturated carbocycles. The monoisotopic (exact) mass is 217 g/mol. The number of carbonyl (C=O) groups excluding carboxylic acids is 1. The first kappa shape index (κ1) is 11.0. The van der Waals surface area contributed by atoms with Crippen molar-refractivity contribution in [3.05, 3.63) is 10.6 Å². The smallest absolute Gasteiger partial charge is 0.265 e. The van der Waals surface area contributed by atoms with Crippen molar-refractivity contribution in [3.8, 4) is 0 Å². The van der Waals surface area contributed by atoms with Crippen LogP contribution in [0.2, 0.25) is 0 Å². The number of aliphatic hydroxyl groups is 2. The van der Waals surface area contributed by atoms with Gasteiger partial charge in [0, 0.05) is 0 Å². The SMILES string of the molecule is Cc1nnsc1C(=O)NC(CO)CO. The lowest BCUT2D eigenvalue weighted by Gasteiger charge is -2.11. The normalized spacial score (nSPS) is 10.6. The van der Waals surface area contributed by atoms with E-state index in [0.717, 1.165) is 11.5 Å². The minimum absolute atomic E-state index is 0.298. The number of nitrogens with one attached hydrogen (secondary N) is 1. The molecule has 0 fully saturated rings. The van der Waals surface area contributed by atoms with Crippen LogP contribution < -0.4 is 5.32 Å². The number of rotatable bonds is 4. The largest absolute Gasteiger partial charge is 0.394 e. The molecule has 0 saturated heterocycles. The molecule has 1 aromatic heterocycles. The molecule has 6 nitrogen and oxygen atoms in total. The van der Waals surface area contributed by atoms with Crippen LogP contribution in [0.15, 0.2) is 0 Å². The van der Waals surface area contributed by atoms with E-state index in [2.05, 4.69) is 14.9 Å². The van der Waals surface area contributed by atoms with Gasteiger partial charge in [0.2, 0.25) is 0 Å². The highest BCUT2D eigenvalue weighted by molar-refractivity contribution is 7.07. The summed E-state index contributed by atoms with van der Waals surface area (Å²) in [6.45, 7) is 1.08. The van der Waals surface area contributed by atoms with Gasteiger partial charge in [-0.05, 0) is 18.5 Å². The molecule has 0 radical (unpaired) electrons. The molecule has 1 aromatic rings. The Labute approximate surface area is 84.7 Å². The highest BCUT2D eigenvalue weighted by Crippen LogP contribution is 2.08. The van der Waals surface area contributed by atoms with E-state index in [4.69, 9.17) is 10.2 Å². The Morgan fingerprint density at radius 2 is 2.21 bits per heavy atom. The van der Waals surface area contributed by atoms with Gasteiger partial charge in [-0.2, -0.15) is 0 Å². The van der Waals surface area contributed by atoms with Gasteiger partial charge >= 0.3 is 0 Å². The van der Waals surface area contributed by atoms with E-state index in [9.17, 15) is 4.79 Å². The maximum absolute atomic E-state index is 11.5. The van der Waals surface area contributed by atoms with Crippen molar-refractivity contribution in [1.82, 2.24) is 14.9 Å². The molecule has 78 valence electrons. The fourth-order valence-electron chi connectivity index (χ4n) is 0.840. The lowest BCUT2D eigenvalue weighted by atomic mass is 10.3. The second kappa shape index (κ2) is 4.99. The lowest BCUT2D eigenvalue weighted by molar-refractivity contribution is 0.0882. The van der Waals surface area contributed by atoms with Crippen LogP contribution in [0.5, 0.6) is 0 Å². The summed E-state index contributed by atoms with van der Waals surface area (Å²) >= 11 is 0.984. The second-order valence-electron chi connectivity index (χ2n) is 2.72. The van der Waals surface area contributed by atoms with Gasteiger partial charge in [-0.3, -0.25) is 4.79 Å². The molecule has 14 heavy (non-hydrogen) atoms. The van der Waals surface area contributed by atoms with E-state index in [0.29, 0.717) is 10.6 Å². The molecule has 0 aromatic carbocycles. The number of hydrogen-bond acceptors (Lipinski definition) is 6. The molecule has 0 spiro atoms. The molecule has 0 aliphatic heterocycles. The molecule has 3 N–H and O–H groups in total. The van der Waals surface area contributed by atoms with Gasteiger partial charge in [0.05, 0.1) is 24.9 Å². The second-order valence-corrected chi connectivity index (χ2v) is 3.48. The zero-order chi connectivity index (χ0) is 10.6. The molecule has 0 atom stereocenters. The molecule has 1 amide bonds. The number of hydrogen-bond donors (Lipinski definition) is 3. The number of aliphatic hydroxyl groups excluding tert-OH is 2. The Morgan fingerprint density at radius 1 is 1.57 bits per heavy atom. The summed E-state index contributed by atoms with van der Waals surface area (Å²) in [5.41, 5.74) is 0.544. The van der Waals surface area contributed by atoms with Crippen molar-refractivity contribution in [1.29, 1.82) is 0 Å². The van der Waals surface area contributed by atoms with Crippen molar-refractivity contribution in [3.63, 3.8) is 0 Å². The van der Waals surface area contributed by atoms with E-state index in [1.165, 1.54) is 0 Å². The van der Waals surface area contributed by atoms with Crippen LogP contribution in [0, 0.1) is 6.92 Å². The molecule has 1 rings (SSSR count). The summed E-state index contributed by atoms with van der Waals surface area (Å²) in [4.78, 5) is 11.9. The Morgan fingerprint density at radius 3 is 2.64 bits per heavy atom. The fraction of sp³-hybridized carbons (Fsp3) is 0.571. The van der Waals surface area contributed by atoms with Crippen LogP contribution in [-0.2, 0) is 0 Å². The quantitative estimate of drug-likeness (QED) is 0.597. The summed E-state index contributed by atoms with van der Waals surface area (Å²) in [5.74, 6) is -0.370. The maximum Gasteiger partial charge on any atom is 0.265 e. The van der Waals surface area contributed by atoms with E-state index in [1.54, 1.807) is 6.92 Å². The Bertz CT molecular complexity index is 311. The lowest BCUT2D eigenvalue weighted by Crippen LogP contribution is -2.40. The third-order valence-corrected chi connectivity index (χ3v) is 2.46. The van der Waals surface area contributed by atoms with Crippen molar-refractivity contribution in [2.45, 2.75) is 13.0 Å². The van der Waals surface area contributed by atoms with E-state index in [1.807, 2.05) is 0 Å². The number of aromatic nitrogens is 2. The highest BCUT2D eigenvalue weighted by Gasteiger charge is 2.16. The average Bonchev–Trinajstić information content (AvgIpc) is 2.60. The van der Waals surface area contributed by atoms with Crippen LogP contribution >= 0.6 is 11.5 Å². The summed E-state index contributed by atoms with van der Waals surface area (Å²) < 4.78 is 3.61. The Balaban J connectivity index is 2.63. The van der Waals surface area contributed by atoms with Crippen LogP contribution in [0.1, 0.15) is 15.4 Å². The molecule has 1 heterocycles. The van der Waals surface area contributed by atoms with Crippen molar-refractivity contribution in [2.75, 3.05) is 13.2 Å². The number of carbonyl (C=O) groups is 1. The third kappa shape index (κ3) is 2.47. The molecular weight excluding hydrogens is 206 g/mol. The summed E-state index contributed by atoms with van der Waals surface area (Å²) in [6, 6.07) is -0.635. The number of nitrogens with zero attached hydrogens (tertiary/aromatic N) is 2. The first-order valence-electron chi connectivity index (χ1n) is 4.00. The molecule has 0 aliphatic carbocycles. The zero-order valence-electron chi connectivity index (χ0n) is 7.60. The van der Waals surface area contributed by atoms with E-state index in [-0.39, 0.29) is 19.1 Å².